The maximum atomic E-state index is 13.5. The average Bonchev–Trinajstić information content (AvgIpc) is 3.40. The number of carbonyl (C=O) groups is 2. The molecule has 1 aliphatic heterocycles. The van der Waals surface area contributed by atoms with Gasteiger partial charge in [0.25, 0.3) is 5.78 Å². The molecule has 1 saturated heterocycles. The predicted molar refractivity (Wildman–Crippen MR) is 138 cm³/mol. The number of ketones is 1. The highest BCUT2D eigenvalue weighted by molar-refractivity contribution is 7.22. The van der Waals surface area contributed by atoms with E-state index in [1.807, 2.05) is 6.92 Å². The van der Waals surface area contributed by atoms with Crippen LogP contribution in [-0.2, 0) is 9.59 Å². The van der Waals surface area contributed by atoms with E-state index in [0.29, 0.717) is 28.5 Å². The number of halogens is 2. The molecule has 4 aromatic rings. The largest absolute Gasteiger partial charge is 0.507 e. The van der Waals surface area contributed by atoms with Crippen LogP contribution >= 0.6 is 22.9 Å². The molecule has 5 rings (SSSR count). The maximum Gasteiger partial charge on any atom is 0.301 e. The van der Waals surface area contributed by atoms with Gasteiger partial charge in [0.2, 0.25) is 0 Å². The maximum absolute atomic E-state index is 13.5. The molecule has 182 valence electrons. The summed E-state index contributed by atoms with van der Waals surface area (Å²) < 4.78 is 20.0. The van der Waals surface area contributed by atoms with Crippen molar-refractivity contribution in [2.75, 3.05) is 11.5 Å². The third kappa shape index (κ3) is 4.34. The summed E-state index contributed by atoms with van der Waals surface area (Å²) in [5.74, 6) is -2.01. The lowest BCUT2D eigenvalue weighted by Crippen LogP contribution is -2.29. The van der Waals surface area contributed by atoms with Crippen molar-refractivity contribution in [3.63, 3.8) is 0 Å². The van der Waals surface area contributed by atoms with Crippen LogP contribution in [0.1, 0.15) is 30.5 Å². The fraction of sp³-hybridized carbons (Fsp3) is 0.148. The summed E-state index contributed by atoms with van der Waals surface area (Å²) in [6, 6.07) is 16.3. The Bertz CT molecular complexity index is 1520. The standard InChI is InChI=1S/C27H20ClFN2O4S/c1-2-12-35-19-5-3-4-16(13-19)23-22(24(32)15-6-9-18(29)10-7-15)25(33)26(34)31(23)27-30-20-11-8-17(28)14-21(20)36-27/h3-11,13-14,23,32H,2,12H2,1H3. The summed E-state index contributed by atoms with van der Waals surface area (Å²) in [4.78, 5) is 32.6. The van der Waals surface area contributed by atoms with Gasteiger partial charge >= 0.3 is 5.91 Å². The zero-order valence-electron chi connectivity index (χ0n) is 19.1. The number of aliphatic hydroxyl groups is 1. The minimum absolute atomic E-state index is 0.114. The van der Waals surface area contributed by atoms with E-state index in [4.69, 9.17) is 16.3 Å². The second-order valence-electron chi connectivity index (χ2n) is 8.21. The van der Waals surface area contributed by atoms with Crippen LogP contribution in [-0.4, -0.2) is 28.4 Å². The van der Waals surface area contributed by atoms with Crippen LogP contribution in [0.4, 0.5) is 9.52 Å². The summed E-state index contributed by atoms with van der Waals surface area (Å²) in [6.07, 6.45) is 0.807. The summed E-state index contributed by atoms with van der Waals surface area (Å²) in [6.45, 7) is 2.48. The van der Waals surface area contributed by atoms with Crippen LogP contribution < -0.4 is 9.64 Å². The number of aliphatic hydroxyl groups excluding tert-OH is 1. The van der Waals surface area contributed by atoms with Crippen molar-refractivity contribution in [3.8, 4) is 5.75 Å². The number of benzene rings is 3. The number of ether oxygens (including phenoxy) is 1. The third-order valence-electron chi connectivity index (χ3n) is 5.75. The molecule has 1 aliphatic rings. The number of hydrogen-bond donors (Lipinski definition) is 1. The molecule has 0 bridgehead atoms. The molecule has 0 spiro atoms. The van der Waals surface area contributed by atoms with Crippen molar-refractivity contribution < 1.29 is 23.8 Å². The Labute approximate surface area is 215 Å². The number of hydrogen-bond acceptors (Lipinski definition) is 6. The molecule has 1 atom stereocenters. The van der Waals surface area contributed by atoms with Gasteiger partial charge in [0.15, 0.2) is 5.13 Å². The first-order valence-corrected chi connectivity index (χ1v) is 12.4. The number of rotatable bonds is 6. The number of thiazole rings is 1. The quantitative estimate of drug-likeness (QED) is 0.177. The van der Waals surface area contributed by atoms with Crippen LogP contribution in [0.2, 0.25) is 5.02 Å². The number of nitrogens with zero attached hydrogens (tertiary/aromatic N) is 2. The second kappa shape index (κ2) is 9.72. The molecule has 1 aromatic heterocycles. The van der Waals surface area contributed by atoms with Crippen LogP contribution in [0.15, 0.2) is 72.3 Å². The van der Waals surface area contributed by atoms with E-state index in [9.17, 15) is 19.1 Å². The molecule has 9 heteroatoms. The van der Waals surface area contributed by atoms with E-state index < -0.39 is 29.3 Å². The molecule has 2 heterocycles. The number of anilines is 1. The molecule has 1 fully saturated rings. The average molecular weight is 523 g/mol. The minimum atomic E-state index is -0.976. The molecule has 1 unspecified atom stereocenters. The molecule has 1 amide bonds. The lowest BCUT2D eigenvalue weighted by atomic mass is 9.95. The van der Waals surface area contributed by atoms with E-state index in [0.717, 1.165) is 11.1 Å². The van der Waals surface area contributed by atoms with Crippen molar-refractivity contribution in [3.05, 3.63) is 94.3 Å². The van der Waals surface area contributed by atoms with Crippen molar-refractivity contribution in [2.45, 2.75) is 19.4 Å². The topological polar surface area (TPSA) is 79.7 Å². The molecule has 6 nitrogen and oxygen atoms in total. The highest BCUT2D eigenvalue weighted by Crippen LogP contribution is 2.45. The Balaban J connectivity index is 1.70. The highest BCUT2D eigenvalue weighted by atomic mass is 35.5. The third-order valence-corrected chi connectivity index (χ3v) is 7.01. The van der Waals surface area contributed by atoms with Crippen LogP contribution in [0.5, 0.6) is 5.75 Å². The van der Waals surface area contributed by atoms with Crippen molar-refractivity contribution in [1.29, 1.82) is 0 Å². The summed E-state index contributed by atoms with van der Waals surface area (Å²) >= 11 is 7.34. The Morgan fingerprint density at radius 2 is 1.92 bits per heavy atom. The van der Waals surface area contributed by atoms with Gasteiger partial charge in [0, 0.05) is 10.6 Å². The number of Topliss-reactive ketones (excluding diaryl/α,β-unsaturated/α-hetero) is 1. The summed E-state index contributed by atoms with van der Waals surface area (Å²) in [7, 11) is 0. The second-order valence-corrected chi connectivity index (χ2v) is 9.65. The molecule has 0 radical (unpaired) electrons. The van der Waals surface area contributed by atoms with Crippen LogP contribution in [0.25, 0.3) is 16.0 Å². The summed E-state index contributed by atoms with van der Waals surface area (Å²) in [5, 5.41) is 12.0. The van der Waals surface area contributed by atoms with Crippen molar-refractivity contribution in [2.24, 2.45) is 0 Å². The molecule has 0 saturated carbocycles. The molecule has 0 aliphatic carbocycles. The van der Waals surface area contributed by atoms with Crippen LogP contribution in [0.3, 0.4) is 0 Å². The Morgan fingerprint density at radius 3 is 2.67 bits per heavy atom. The van der Waals surface area contributed by atoms with E-state index in [2.05, 4.69) is 4.98 Å². The van der Waals surface area contributed by atoms with E-state index in [1.54, 1.807) is 42.5 Å². The van der Waals surface area contributed by atoms with Gasteiger partial charge < -0.3 is 9.84 Å². The molecule has 1 N–H and O–H groups in total. The lowest BCUT2D eigenvalue weighted by Gasteiger charge is -2.23. The fourth-order valence-electron chi connectivity index (χ4n) is 4.09. The van der Waals surface area contributed by atoms with Gasteiger partial charge in [-0.3, -0.25) is 14.5 Å². The first kappa shape index (κ1) is 24.0. The normalized spacial score (nSPS) is 17.2. The molecule has 36 heavy (non-hydrogen) atoms. The smallest absolute Gasteiger partial charge is 0.301 e. The Hall–Kier alpha value is -3.75. The van der Waals surface area contributed by atoms with Gasteiger partial charge in [0.1, 0.15) is 17.3 Å². The summed E-state index contributed by atoms with van der Waals surface area (Å²) in [5.41, 5.74) is 1.28. The van der Waals surface area contributed by atoms with Gasteiger partial charge in [0.05, 0.1) is 28.4 Å². The van der Waals surface area contributed by atoms with Gasteiger partial charge in [-0.2, -0.15) is 0 Å². The van der Waals surface area contributed by atoms with Crippen molar-refractivity contribution in [1.82, 2.24) is 4.98 Å². The predicted octanol–water partition coefficient (Wildman–Crippen LogP) is 6.50. The fourth-order valence-corrected chi connectivity index (χ4v) is 5.36. The van der Waals surface area contributed by atoms with Gasteiger partial charge in [-0.1, -0.05) is 42.0 Å². The zero-order valence-corrected chi connectivity index (χ0v) is 20.6. The van der Waals surface area contributed by atoms with Crippen molar-refractivity contribution >= 4 is 55.7 Å². The van der Waals surface area contributed by atoms with Gasteiger partial charge in [-0.25, -0.2) is 9.37 Å². The number of aromatic nitrogens is 1. The first-order chi connectivity index (χ1) is 17.4. The first-order valence-electron chi connectivity index (χ1n) is 11.2. The molecule has 3 aromatic carbocycles. The van der Waals surface area contributed by atoms with E-state index in [1.165, 1.54) is 40.5 Å². The number of amides is 1. The minimum Gasteiger partial charge on any atom is -0.507 e. The zero-order chi connectivity index (χ0) is 25.4. The van der Waals surface area contributed by atoms with E-state index in [-0.39, 0.29) is 16.3 Å². The van der Waals surface area contributed by atoms with Crippen LogP contribution in [0, 0.1) is 5.82 Å². The van der Waals surface area contributed by atoms with E-state index >= 15 is 0 Å². The number of fused-ring (bicyclic) bond motifs is 1. The Morgan fingerprint density at radius 1 is 1.14 bits per heavy atom. The monoisotopic (exact) mass is 522 g/mol. The highest BCUT2D eigenvalue weighted by Gasteiger charge is 2.48. The molecular formula is C27H20ClFN2O4S. The van der Waals surface area contributed by atoms with Gasteiger partial charge in [-0.15, -0.1) is 0 Å². The molecular weight excluding hydrogens is 503 g/mol. The SMILES string of the molecule is CCCOc1cccc(C2C(=C(O)c3ccc(F)cc3)C(=O)C(=O)N2c2nc3ccc(Cl)cc3s2)c1. The van der Waals surface area contributed by atoms with Gasteiger partial charge in [-0.05, 0) is 66.6 Å². The lowest BCUT2D eigenvalue weighted by molar-refractivity contribution is -0.132. The Kier molecular flexibility index (Phi) is 6.47. The number of carbonyl (C=O) groups excluding carboxylic acids is 2.